The van der Waals surface area contributed by atoms with Crippen LogP contribution in [0.4, 0.5) is 5.69 Å². The molecule has 4 nitrogen and oxygen atoms in total. The first-order valence-corrected chi connectivity index (χ1v) is 9.11. The SMILES string of the molecule is S=C(N/N=C/c1ccccc1OCc1ccc(Cl)cc1)Nc1ccccc1. The Kier molecular flexibility index (Phi) is 6.79. The first-order valence-electron chi connectivity index (χ1n) is 8.32. The molecule has 0 spiro atoms. The predicted molar refractivity (Wildman–Crippen MR) is 116 cm³/mol. The molecule has 6 heteroatoms. The summed E-state index contributed by atoms with van der Waals surface area (Å²) < 4.78 is 5.91. The Balaban J connectivity index is 1.57. The predicted octanol–water partition coefficient (Wildman–Crippen LogP) is 5.24. The van der Waals surface area contributed by atoms with E-state index in [1.807, 2.05) is 78.9 Å². The van der Waals surface area contributed by atoms with E-state index in [-0.39, 0.29) is 0 Å². The van der Waals surface area contributed by atoms with Crippen LogP contribution in [0, 0.1) is 0 Å². The number of hydrogen-bond acceptors (Lipinski definition) is 3. The van der Waals surface area contributed by atoms with Gasteiger partial charge in [-0.1, -0.05) is 54.1 Å². The van der Waals surface area contributed by atoms with E-state index in [4.69, 9.17) is 28.6 Å². The Hall–Kier alpha value is -2.89. The number of benzene rings is 3. The van der Waals surface area contributed by atoms with Crippen molar-refractivity contribution in [1.82, 2.24) is 5.43 Å². The molecule has 0 amide bonds. The lowest BCUT2D eigenvalue weighted by molar-refractivity contribution is 0.306. The molecule has 0 aliphatic carbocycles. The average molecular weight is 396 g/mol. The van der Waals surface area contributed by atoms with Gasteiger partial charge in [0.2, 0.25) is 0 Å². The van der Waals surface area contributed by atoms with Gasteiger partial charge in [0.25, 0.3) is 0 Å². The molecule has 0 aliphatic rings. The van der Waals surface area contributed by atoms with Gasteiger partial charge in [0.1, 0.15) is 12.4 Å². The molecule has 0 heterocycles. The number of anilines is 1. The summed E-state index contributed by atoms with van der Waals surface area (Å²) in [7, 11) is 0. The van der Waals surface area contributed by atoms with Crippen LogP contribution in [-0.2, 0) is 6.61 Å². The van der Waals surface area contributed by atoms with E-state index < -0.39 is 0 Å². The van der Waals surface area contributed by atoms with Gasteiger partial charge in [0.05, 0.1) is 6.21 Å². The zero-order chi connectivity index (χ0) is 18.9. The number of para-hydroxylation sites is 2. The minimum Gasteiger partial charge on any atom is -0.488 e. The fraction of sp³-hybridized carbons (Fsp3) is 0.0476. The van der Waals surface area contributed by atoms with Crippen LogP contribution >= 0.6 is 23.8 Å². The number of rotatable bonds is 6. The van der Waals surface area contributed by atoms with Crippen molar-refractivity contribution in [3.05, 3.63) is 95.0 Å². The second-order valence-electron chi connectivity index (χ2n) is 5.64. The van der Waals surface area contributed by atoms with E-state index in [2.05, 4.69) is 15.8 Å². The van der Waals surface area contributed by atoms with Gasteiger partial charge < -0.3 is 10.1 Å². The molecule has 3 aromatic rings. The maximum Gasteiger partial charge on any atom is 0.191 e. The van der Waals surface area contributed by atoms with E-state index >= 15 is 0 Å². The first-order chi connectivity index (χ1) is 13.2. The fourth-order valence-electron chi connectivity index (χ4n) is 2.30. The summed E-state index contributed by atoms with van der Waals surface area (Å²) in [5, 5.41) is 8.37. The summed E-state index contributed by atoms with van der Waals surface area (Å²) in [6, 6.07) is 24.9. The maximum atomic E-state index is 5.91. The monoisotopic (exact) mass is 395 g/mol. The van der Waals surface area contributed by atoms with E-state index in [9.17, 15) is 0 Å². The van der Waals surface area contributed by atoms with Crippen LogP contribution in [0.15, 0.2) is 84.0 Å². The Bertz CT molecular complexity index is 914. The summed E-state index contributed by atoms with van der Waals surface area (Å²) in [6.45, 7) is 0.448. The molecule has 0 saturated carbocycles. The van der Waals surface area contributed by atoms with Crippen LogP contribution in [0.1, 0.15) is 11.1 Å². The number of ether oxygens (including phenoxy) is 1. The minimum absolute atomic E-state index is 0.414. The van der Waals surface area contributed by atoms with Gasteiger partial charge in [-0.05, 0) is 54.2 Å². The number of nitrogens with one attached hydrogen (secondary N) is 2. The first kappa shape index (κ1) is 18.9. The van der Waals surface area contributed by atoms with E-state index in [1.165, 1.54) is 0 Å². The van der Waals surface area contributed by atoms with Gasteiger partial charge >= 0.3 is 0 Å². The molecule has 0 fully saturated rings. The Morgan fingerprint density at radius 2 is 1.67 bits per heavy atom. The highest BCUT2D eigenvalue weighted by molar-refractivity contribution is 7.80. The Morgan fingerprint density at radius 1 is 0.963 bits per heavy atom. The molecule has 27 heavy (non-hydrogen) atoms. The highest BCUT2D eigenvalue weighted by Gasteiger charge is 2.02. The van der Waals surface area contributed by atoms with Crippen molar-refractivity contribution in [3.63, 3.8) is 0 Å². The van der Waals surface area contributed by atoms with E-state index in [0.29, 0.717) is 16.7 Å². The molecule has 0 radical (unpaired) electrons. The van der Waals surface area contributed by atoms with Crippen molar-refractivity contribution < 1.29 is 4.74 Å². The highest BCUT2D eigenvalue weighted by atomic mass is 35.5. The van der Waals surface area contributed by atoms with Gasteiger partial charge in [-0.3, -0.25) is 5.43 Å². The Morgan fingerprint density at radius 3 is 2.44 bits per heavy atom. The standard InChI is InChI=1S/C21H18ClN3OS/c22-18-12-10-16(11-13-18)15-26-20-9-5-4-6-17(20)14-23-25-21(27)24-19-7-2-1-3-8-19/h1-14H,15H2,(H2,24,25,27)/b23-14+. The van der Waals surface area contributed by atoms with Gasteiger partial charge in [-0.2, -0.15) is 5.10 Å². The van der Waals surface area contributed by atoms with Crippen LogP contribution in [0.2, 0.25) is 5.02 Å². The summed E-state index contributed by atoms with van der Waals surface area (Å²) >= 11 is 11.1. The third-order valence-corrected chi connectivity index (χ3v) is 4.07. The number of nitrogens with zero attached hydrogens (tertiary/aromatic N) is 1. The lowest BCUT2D eigenvalue weighted by Crippen LogP contribution is -2.23. The van der Waals surface area contributed by atoms with Crippen molar-refractivity contribution in [2.24, 2.45) is 5.10 Å². The molecule has 0 unspecified atom stereocenters. The van der Waals surface area contributed by atoms with Crippen molar-refractivity contribution in [2.45, 2.75) is 6.61 Å². The summed E-state index contributed by atoms with van der Waals surface area (Å²) in [5.74, 6) is 0.736. The van der Waals surface area contributed by atoms with Crippen molar-refractivity contribution in [1.29, 1.82) is 0 Å². The molecule has 2 N–H and O–H groups in total. The molecule has 0 aliphatic heterocycles. The number of hydrogen-bond donors (Lipinski definition) is 2. The Labute approximate surface area is 168 Å². The molecule has 0 bridgehead atoms. The topological polar surface area (TPSA) is 45.7 Å². The van der Waals surface area contributed by atoms with Crippen molar-refractivity contribution in [2.75, 3.05) is 5.32 Å². The van der Waals surface area contributed by atoms with Crippen molar-refractivity contribution in [3.8, 4) is 5.75 Å². The summed E-state index contributed by atoms with van der Waals surface area (Å²) in [5.41, 5.74) is 5.59. The normalized spacial score (nSPS) is 10.6. The second kappa shape index (κ2) is 9.71. The molecule has 3 rings (SSSR count). The average Bonchev–Trinajstić information content (AvgIpc) is 2.69. The van der Waals surface area contributed by atoms with Crippen molar-refractivity contribution >= 4 is 40.8 Å². The highest BCUT2D eigenvalue weighted by Crippen LogP contribution is 2.18. The third-order valence-electron chi connectivity index (χ3n) is 3.63. The summed E-state index contributed by atoms with van der Waals surface area (Å²) in [4.78, 5) is 0. The van der Waals surface area contributed by atoms with E-state index in [0.717, 1.165) is 22.6 Å². The molecule has 136 valence electrons. The lowest BCUT2D eigenvalue weighted by atomic mass is 10.2. The fourth-order valence-corrected chi connectivity index (χ4v) is 2.60. The number of halogens is 1. The zero-order valence-corrected chi connectivity index (χ0v) is 16.0. The zero-order valence-electron chi connectivity index (χ0n) is 14.4. The van der Waals surface area contributed by atoms with Crippen LogP contribution in [0.3, 0.4) is 0 Å². The quantitative estimate of drug-likeness (QED) is 0.340. The second-order valence-corrected chi connectivity index (χ2v) is 6.49. The molecule has 3 aromatic carbocycles. The lowest BCUT2D eigenvalue weighted by Gasteiger charge is -2.09. The van der Waals surface area contributed by atoms with Gasteiger partial charge in [-0.25, -0.2) is 0 Å². The third kappa shape index (κ3) is 6.09. The smallest absolute Gasteiger partial charge is 0.191 e. The van der Waals surface area contributed by atoms with Crippen LogP contribution in [0.25, 0.3) is 0 Å². The molecule has 0 saturated heterocycles. The molecule has 0 aromatic heterocycles. The summed E-state index contributed by atoms with van der Waals surface area (Å²) in [6.07, 6.45) is 1.68. The number of thiocarbonyl (C=S) groups is 1. The van der Waals surface area contributed by atoms with Crippen LogP contribution < -0.4 is 15.5 Å². The van der Waals surface area contributed by atoms with E-state index in [1.54, 1.807) is 6.21 Å². The van der Waals surface area contributed by atoms with Gasteiger partial charge in [-0.15, -0.1) is 0 Å². The minimum atomic E-state index is 0.414. The van der Waals surface area contributed by atoms with Crippen LogP contribution in [0.5, 0.6) is 5.75 Å². The number of hydrazone groups is 1. The van der Waals surface area contributed by atoms with Gasteiger partial charge in [0, 0.05) is 16.3 Å². The molecule has 0 atom stereocenters. The maximum absolute atomic E-state index is 5.91. The van der Waals surface area contributed by atoms with Gasteiger partial charge in [0.15, 0.2) is 5.11 Å². The van der Waals surface area contributed by atoms with Crippen LogP contribution in [-0.4, -0.2) is 11.3 Å². The largest absolute Gasteiger partial charge is 0.488 e. The molecular formula is C21H18ClN3OS. The molecular weight excluding hydrogens is 378 g/mol.